The number of likely N-dealkylation sites (tertiary alicyclic amines) is 1. The molecule has 2 N–H and O–H groups in total. The van der Waals surface area contributed by atoms with Gasteiger partial charge < -0.3 is 15.1 Å². The van der Waals surface area contributed by atoms with Crippen molar-refractivity contribution in [2.24, 2.45) is 0 Å². The van der Waals surface area contributed by atoms with E-state index in [1.807, 2.05) is 0 Å². The molecule has 5 rings (SSSR count). The zero-order valence-corrected chi connectivity index (χ0v) is 24.8. The fourth-order valence-electron chi connectivity index (χ4n) is 6.07. The molecule has 0 spiro atoms. The topological polar surface area (TPSA) is 98.2 Å². The summed E-state index contributed by atoms with van der Waals surface area (Å²) in [5.41, 5.74) is -7.76. The third-order valence-corrected chi connectivity index (χ3v) is 10.5. The Hall–Kier alpha value is -3.69. The van der Waals surface area contributed by atoms with Crippen LogP contribution in [0.15, 0.2) is 77.7 Å². The summed E-state index contributed by atoms with van der Waals surface area (Å²) < 4.78 is 124. The summed E-state index contributed by atoms with van der Waals surface area (Å²) in [6.45, 7) is 0.296. The molecular formula is C31H29F7N2O5S. The van der Waals surface area contributed by atoms with E-state index in [2.05, 4.69) is 0 Å². The van der Waals surface area contributed by atoms with Crippen LogP contribution in [0.1, 0.15) is 42.4 Å². The number of aryl methyl sites for hydroxylation is 1. The lowest BCUT2D eigenvalue weighted by Crippen LogP contribution is -2.54. The third-order valence-electron chi connectivity index (χ3n) is 8.67. The molecule has 0 radical (unpaired) electrons. The van der Waals surface area contributed by atoms with Crippen LogP contribution in [0.5, 0.6) is 0 Å². The first kappa shape index (κ1) is 33.7. The number of aliphatic hydroxyl groups is 2. The first-order valence-electron chi connectivity index (χ1n) is 14.2. The molecule has 248 valence electrons. The zero-order valence-electron chi connectivity index (χ0n) is 24.0. The summed E-state index contributed by atoms with van der Waals surface area (Å²) in [5.74, 6) is -1.23. The van der Waals surface area contributed by atoms with Gasteiger partial charge in [-0.15, -0.1) is 0 Å². The summed E-state index contributed by atoms with van der Waals surface area (Å²) in [6.07, 6.45) is -12.7. The number of piperidine rings is 1. The van der Waals surface area contributed by atoms with Crippen molar-refractivity contribution in [1.82, 2.24) is 4.90 Å². The molecule has 2 aliphatic heterocycles. The van der Waals surface area contributed by atoms with Gasteiger partial charge in [0.25, 0.3) is 15.6 Å². The maximum atomic E-state index is 13.9. The van der Waals surface area contributed by atoms with Crippen LogP contribution in [0.2, 0.25) is 0 Å². The molecule has 3 aromatic carbocycles. The summed E-state index contributed by atoms with van der Waals surface area (Å²) >= 11 is 0. The molecule has 0 saturated carbocycles. The number of sulfonamides is 1. The molecule has 0 aliphatic carbocycles. The molecule has 46 heavy (non-hydrogen) atoms. The van der Waals surface area contributed by atoms with Gasteiger partial charge in [-0.2, -0.15) is 26.3 Å². The Kier molecular flexibility index (Phi) is 8.66. The summed E-state index contributed by atoms with van der Waals surface area (Å²) in [7, 11) is -4.63. The van der Waals surface area contributed by atoms with E-state index < -0.39 is 61.8 Å². The van der Waals surface area contributed by atoms with Crippen LogP contribution in [0.3, 0.4) is 0 Å². The average Bonchev–Trinajstić information content (AvgIpc) is 3.00. The fraction of sp³-hybridized carbons (Fsp3) is 0.387. The van der Waals surface area contributed by atoms with Crippen LogP contribution in [0.25, 0.3) is 0 Å². The SMILES string of the molecule is O=C(C[C@@H]1CCc2cc(C(O)(C(F)(F)F)C(F)(F)F)ccc2N1S(=O)(=O)c1ccc(F)cc1)N1CCC(O)(c2ccccc2)CC1. The number of hydrogen-bond acceptors (Lipinski definition) is 5. The molecule has 3 aromatic rings. The molecule has 0 unspecified atom stereocenters. The number of nitrogens with zero attached hydrogens (tertiary/aromatic N) is 2. The standard InChI is InChI=1S/C31H29F7N2O5S/c32-23-8-11-25(12-9-23)46(44,45)40-24(19-27(41)39-16-14-28(42,15-17-39)21-4-2-1-3-5-21)10-6-20-18-22(7-13-26(20)40)29(43,30(33,34)35)31(36,37)38/h1-5,7-9,11-13,18,24,42-43H,6,10,14-17,19H2/t24-/m0/s1. The predicted octanol–water partition coefficient (Wildman–Crippen LogP) is 5.55. The molecule has 0 bridgehead atoms. The lowest BCUT2D eigenvalue weighted by Gasteiger charge is -2.41. The number of fused-ring (bicyclic) bond motifs is 1. The lowest BCUT2D eigenvalue weighted by molar-refractivity contribution is -0.376. The Morgan fingerprint density at radius 1 is 0.891 bits per heavy atom. The van der Waals surface area contributed by atoms with Crippen LogP contribution in [0, 0.1) is 5.82 Å². The van der Waals surface area contributed by atoms with E-state index in [0.717, 1.165) is 34.6 Å². The van der Waals surface area contributed by atoms with Crippen LogP contribution in [0.4, 0.5) is 36.4 Å². The maximum Gasteiger partial charge on any atom is 0.430 e. The second kappa shape index (κ2) is 11.8. The van der Waals surface area contributed by atoms with Gasteiger partial charge in [0.15, 0.2) is 0 Å². The number of carbonyl (C=O) groups excluding carboxylic acids is 1. The molecule has 1 saturated heterocycles. The monoisotopic (exact) mass is 674 g/mol. The number of hydrogen-bond donors (Lipinski definition) is 2. The Labute approximate surface area is 259 Å². The molecule has 2 heterocycles. The molecular weight excluding hydrogens is 645 g/mol. The number of halogens is 7. The number of rotatable bonds is 6. The highest BCUT2D eigenvalue weighted by molar-refractivity contribution is 7.92. The first-order valence-corrected chi connectivity index (χ1v) is 15.7. The van der Waals surface area contributed by atoms with Crippen molar-refractivity contribution in [3.8, 4) is 0 Å². The van der Waals surface area contributed by atoms with Crippen molar-refractivity contribution in [1.29, 1.82) is 0 Å². The number of carbonyl (C=O) groups is 1. The Morgan fingerprint density at radius 3 is 2.04 bits per heavy atom. The maximum absolute atomic E-state index is 13.9. The lowest BCUT2D eigenvalue weighted by atomic mass is 9.84. The minimum absolute atomic E-state index is 0.148. The van der Waals surface area contributed by atoms with Gasteiger partial charge in [-0.3, -0.25) is 9.10 Å². The largest absolute Gasteiger partial charge is 0.430 e. The fourth-order valence-corrected chi connectivity index (χ4v) is 7.79. The highest BCUT2D eigenvalue weighted by Crippen LogP contribution is 2.51. The van der Waals surface area contributed by atoms with Crippen LogP contribution in [-0.2, 0) is 32.4 Å². The van der Waals surface area contributed by atoms with E-state index in [-0.39, 0.29) is 56.4 Å². The van der Waals surface area contributed by atoms with Gasteiger partial charge in [-0.25, -0.2) is 12.8 Å². The Morgan fingerprint density at radius 2 is 1.48 bits per heavy atom. The van der Waals surface area contributed by atoms with Gasteiger partial charge in [-0.05, 0) is 67.1 Å². The summed E-state index contributed by atoms with van der Waals surface area (Å²) in [4.78, 5) is 14.5. The van der Waals surface area contributed by atoms with Crippen molar-refractivity contribution in [2.45, 2.75) is 66.6 Å². The van der Waals surface area contributed by atoms with E-state index >= 15 is 0 Å². The average molecular weight is 675 g/mol. The van der Waals surface area contributed by atoms with E-state index in [9.17, 15) is 54.2 Å². The van der Waals surface area contributed by atoms with Crippen molar-refractivity contribution in [2.75, 3.05) is 17.4 Å². The van der Waals surface area contributed by atoms with Gasteiger partial charge in [0.2, 0.25) is 5.91 Å². The second-order valence-electron chi connectivity index (χ2n) is 11.5. The van der Waals surface area contributed by atoms with E-state index in [1.54, 1.807) is 30.3 Å². The second-order valence-corrected chi connectivity index (χ2v) is 13.3. The van der Waals surface area contributed by atoms with E-state index in [1.165, 1.54) is 4.90 Å². The van der Waals surface area contributed by atoms with Crippen molar-refractivity contribution >= 4 is 21.6 Å². The molecule has 7 nitrogen and oxygen atoms in total. The first-order chi connectivity index (χ1) is 21.4. The Balaban J connectivity index is 1.48. The van der Waals surface area contributed by atoms with E-state index in [0.29, 0.717) is 17.7 Å². The summed E-state index contributed by atoms with van der Waals surface area (Å²) in [6, 6.07) is 13.0. The third kappa shape index (κ3) is 5.95. The van der Waals surface area contributed by atoms with Gasteiger partial charge in [0.05, 0.1) is 22.2 Å². The summed E-state index contributed by atoms with van der Waals surface area (Å²) in [5, 5.41) is 21.1. The smallest absolute Gasteiger partial charge is 0.385 e. The van der Waals surface area contributed by atoms with Gasteiger partial charge in [0, 0.05) is 25.1 Å². The van der Waals surface area contributed by atoms with Gasteiger partial charge in [0.1, 0.15) is 5.82 Å². The number of anilines is 1. The molecule has 1 fully saturated rings. The molecule has 1 amide bonds. The van der Waals surface area contributed by atoms with Gasteiger partial charge in [-0.1, -0.05) is 42.5 Å². The zero-order chi connectivity index (χ0) is 33.7. The highest BCUT2D eigenvalue weighted by atomic mass is 32.2. The van der Waals surface area contributed by atoms with E-state index in [4.69, 9.17) is 0 Å². The molecule has 15 heteroatoms. The number of amides is 1. The van der Waals surface area contributed by atoms with Crippen molar-refractivity contribution in [3.63, 3.8) is 0 Å². The van der Waals surface area contributed by atoms with Gasteiger partial charge >= 0.3 is 12.4 Å². The molecule has 0 aromatic heterocycles. The van der Waals surface area contributed by atoms with Crippen LogP contribution in [-0.4, -0.2) is 60.9 Å². The normalized spacial score (nSPS) is 19.1. The minimum Gasteiger partial charge on any atom is -0.385 e. The number of alkyl halides is 6. The molecule has 2 aliphatic rings. The quantitative estimate of drug-likeness (QED) is 0.335. The molecule has 1 atom stereocenters. The van der Waals surface area contributed by atoms with Crippen molar-refractivity contribution in [3.05, 3.63) is 95.3 Å². The van der Waals surface area contributed by atoms with Crippen molar-refractivity contribution < 1.29 is 54.2 Å². The highest BCUT2D eigenvalue weighted by Gasteiger charge is 2.71. The predicted molar refractivity (Wildman–Crippen MR) is 151 cm³/mol. The van der Waals surface area contributed by atoms with Crippen LogP contribution >= 0.6 is 0 Å². The number of benzene rings is 3. The van der Waals surface area contributed by atoms with Crippen LogP contribution < -0.4 is 4.31 Å². The minimum atomic E-state index is -6.15. The Bertz CT molecular complexity index is 1670.